The van der Waals surface area contributed by atoms with E-state index in [4.69, 9.17) is 9.47 Å². The molecule has 1 heterocycles. The van der Waals surface area contributed by atoms with E-state index in [0.717, 1.165) is 10.5 Å². The molecule has 2 N–H and O–H groups in total. The highest BCUT2D eigenvalue weighted by Crippen LogP contribution is 2.18. The lowest BCUT2D eigenvalue weighted by atomic mass is 9.93. The molecule has 0 saturated carbocycles. The minimum absolute atomic E-state index is 0.198. The zero-order valence-electron chi connectivity index (χ0n) is 20.9. The zero-order chi connectivity index (χ0) is 24.7. The number of rotatable bonds is 7. The van der Waals surface area contributed by atoms with E-state index in [0.29, 0.717) is 25.8 Å². The summed E-state index contributed by atoms with van der Waals surface area (Å²) in [6.07, 6.45) is 2.40. The predicted octanol–water partition coefficient (Wildman–Crippen LogP) is 3.54. The van der Waals surface area contributed by atoms with E-state index < -0.39 is 35.3 Å². The largest absolute Gasteiger partial charge is 0.458 e. The maximum absolute atomic E-state index is 12.5. The van der Waals surface area contributed by atoms with Gasteiger partial charge in [0.25, 0.3) is 0 Å². The molecule has 2 amide bonds. The van der Waals surface area contributed by atoms with Crippen LogP contribution in [0.3, 0.4) is 0 Å². The van der Waals surface area contributed by atoms with E-state index in [2.05, 4.69) is 20.8 Å². The van der Waals surface area contributed by atoms with Crippen molar-refractivity contribution >= 4 is 18.1 Å². The Hall–Kier alpha value is -2.65. The maximum Gasteiger partial charge on any atom is 0.408 e. The molecule has 0 bridgehead atoms. The Kier molecular flexibility index (Phi) is 9.23. The highest BCUT2D eigenvalue weighted by atomic mass is 16.6. The molecule has 0 aliphatic carbocycles. The van der Waals surface area contributed by atoms with E-state index in [9.17, 15) is 14.4 Å². The van der Waals surface area contributed by atoms with Gasteiger partial charge in [0, 0.05) is 12.0 Å². The molecular weight excluding hydrogens is 414 g/mol. The fraction of sp³-hybridized carbons (Fsp3) is 0.773. The van der Waals surface area contributed by atoms with Gasteiger partial charge in [-0.05, 0) is 60.8 Å². The number of nitrogens with one attached hydrogen (secondary N) is 2. The molecule has 0 spiro atoms. The fourth-order valence-corrected chi connectivity index (χ4v) is 2.52. The van der Waals surface area contributed by atoms with Crippen molar-refractivity contribution in [2.45, 2.75) is 104 Å². The number of ether oxygens (including phenoxy) is 2. The van der Waals surface area contributed by atoms with Gasteiger partial charge in [0.05, 0.1) is 11.9 Å². The molecule has 0 radical (unpaired) electrons. The number of carbonyl (C=O) groups is 3. The van der Waals surface area contributed by atoms with Crippen molar-refractivity contribution in [2.75, 3.05) is 6.54 Å². The molecule has 0 fully saturated rings. The predicted molar refractivity (Wildman–Crippen MR) is 120 cm³/mol. The number of carbonyl (C=O) groups excluding carboxylic acids is 3. The molecule has 1 aromatic heterocycles. The molecule has 0 unspecified atom stereocenters. The summed E-state index contributed by atoms with van der Waals surface area (Å²) in [5, 5.41) is 13.5. The third-order valence-electron chi connectivity index (χ3n) is 4.02. The van der Waals surface area contributed by atoms with Gasteiger partial charge in [-0.15, -0.1) is 5.10 Å². The van der Waals surface area contributed by atoms with E-state index in [1.54, 1.807) is 47.7 Å². The van der Waals surface area contributed by atoms with Gasteiger partial charge in [0.1, 0.15) is 17.2 Å². The second-order valence-electron chi connectivity index (χ2n) is 10.7. The topological polar surface area (TPSA) is 124 Å². The minimum atomic E-state index is -0.845. The number of unbranched alkanes of at least 4 members (excludes halogenated alkanes) is 1. The Morgan fingerprint density at radius 2 is 1.56 bits per heavy atom. The summed E-state index contributed by atoms with van der Waals surface area (Å²) in [4.78, 5) is 37.9. The summed E-state index contributed by atoms with van der Waals surface area (Å²) in [5.41, 5.74) is -0.834. The van der Waals surface area contributed by atoms with Crippen LogP contribution in [-0.2, 0) is 19.7 Å². The Bertz CT molecular complexity index is 784. The van der Waals surface area contributed by atoms with E-state index in [1.807, 2.05) is 20.8 Å². The van der Waals surface area contributed by atoms with Gasteiger partial charge in [-0.25, -0.2) is 14.4 Å². The average molecular weight is 454 g/mol. The zero-order valence-corrected chi connectivity index (χ0v) is 20.9. The molecule has 1 aromatic rings. The first-order chi connectivity index (χ1) is 14.5. The summed E-state index contributed by atoms with van der Waals surface area (Å²) in [7, 11) is 0. The second kappa shape index (κ2) is 10.8. The van der Waals surface area contributed by atoms with Crippen LogP contribution in [0, 0.1) is 0 Å². The van der Waals surface area contributed by atoms with Crippen molar-refractivity contribution in [1.82, 2.24) is 25.6 Å². The number of amides is 2. The number of nitrogens with zero attached hydrogens (tertiary/aromatic N) is 3. The molecule has 10 heteroatoms. The summed E-state index contributed by atoms with van der Waals surface area (Å²) in [6, 6.07) is -1.27. The SMILES string of the molecule is CC(C)(C)OC(=O)N[C@@H](CCCCNC(=O)n1ncc(C(C)(C)C)n1)C(=O)OC(C)(C)C. The maximum atomic E-state index is 12.5. The summed E-state index contributed by atoms with van der Waals surface area (Å²) in [6.45, 7) is 16.9. The van der Waals surface area contributed by atoms with Crippen molar-refractivity contribution < 1.29 is 23.9 Å². The Balaban J connectivity index is 2.56. The minimum Gasteiger partial charge on any atom is -0.458 e. The standard InChI is InChI=1S/C22H39N5O5/c1-20(2,3)16-14-24-27(26-16)18(29)23-13-11-10-12-15(17(28)31-21(4,5)6)25-19(30)32-22(7,8)9/h14-15H,10-13H2,1-9H3,(H,23,29)(H,25,30)/t15-/m0/s1. The first kappa shape index (κ1) is 27.4. The van der Waals surface area contributed by atoms with E-state index in [1.165, 1.54) is 0 Å². The third-order valence-corrected chi connectivity index (χ3v) is 4.02. The van der Waals surface area contributed by atoms with Crippen LogP contribution in [0.4, 0.5) is 9.59 Å². The van der Waals surface area contributed by atoms with Gasteiger partial charge in [-0.2, -0.15) is 5.10 Å². The first-order valence-corrected chi connectivity index (χ1v) is 10.9. The van der Waals surface area contributed by atoms with Crippen LogP contribution in [0.15, 0.2) is 6.20 Å². The molecule has 0 aromatic carbocycles. The Labute approximate surface area is 190 Å². The number of alkyl carbamates (subject to hydrolysis) is 1. The van der Waals surface area contributed by atoms with E-state index >= 15 is 0 Å². The van der Waals surface area contributed by atoms with Gasteiger partial charge in [0.15, 0.2) is 0 Å². The second-order valence-corrected chi connectivity index (χ2v) is 10.7. The lowest BCUT2D eigenvalue weighted by Gasteiger charge is -2.26. The van der Waals surface area contributed by atoms with Crippen molar-refractivity contribution in [2.24, 2.45) is 0 Å². The Morgan fingerprint density at radius 3 is 2.06 bits per heavy atom. The van der Waals surface area contributed by atoms with Crippen LogP contribution in [-0.4, -0.2) is 56.9 Å². The molecule has 32 heavy (non-hydrogen) atoms. The molecule has 0 saturated heterocycles. The highest BCUT2D eigenvalue weighted by Gasteiger charge is 2.28. The highest BCUT2D eigenvalue weighted by molar-refractivity contribution is 5.81. The van der Waals surface area contributed by atoms with Gasteiger partial charge >= 0.3 is 18.1 Å². The average Bonchev–Trinajstić information content (AvgIpc) is 3.07. The molecule has 0 aliphatic rings. The van der Waals surface area contributed by atoms with Crippen molar-refractivity contribution in [3.63, 3.8) is 0 Å². The van der Waals surface area contributed by atoms with Crippen LogP contribution >= 0.6 is 0 Å². The third kappa shape index (κ3) is 10.6. The number of hydrogen-bond donors (Lipinski definition) is 2. The van der Waals surface area contributed by atoms with Crippen LogP contribution in [0.2, 0.25) is 0 Å². The van der Waals surface area contributed by atoms with Gasteiger partial charge in [-0.3, -0.25) is 0 Å². The van der Waals surface area contributed by atoms with Crippen LogP contribution in [0.25, 0.3) is 0 Å². The fourth-order valence-electron chi connectivity index (χ4n) is 2.52. The van der Waals surface area contributed by atoms with Gasteiger partial charge < -0.3 is 20.1 Å². The molecule has 1 rings (SSSR count). The van der Waals surface area contributed by atoms with E-state index in [-0.39, 0.29) is 5.41 Å². The monoisotopic (exact) mass is 453 g/mol. The van der Waals surface area contributed by atoms with Crippen LogP contribution in [0.1, 0.15) is 87.3 Å². The summed E-state index contributed by atoms with van der Waals surface area (Å²) >= 11 is 0. The summed E-state index contributed by atoms with van der Waals surface area (Å²) in [5.74, 6) is -0.525. The lowest BCUT2D eigenvalue weighted by molar-refractivity contribution is -0.157. The molecule has 1 atom stereocenters. The van der Waals surface area contributed by atoms with Gasteiger partial charge in [0.2, 0.25) is 0 Å². The first-order valence-electron chi connectivity index (χ1n) is 10.9. The number of hydrogen-bond acceptors (Lipinski definition) is 7. The number of esters is 1. The quantitative estimate of drug-likeness (QED) is 0.478. The lowest BCUT2D eigenvalue weighted by Crippen LogP contribution is -2.46. The van der Waals surface area contributed by atoms with Crippen molar-refractivity contribution in [3.05, 3.63) is 11.9 Å². The molecular formula is C22H39N5O5. The molecule has 10 nitrogen and oxygen atoms in total. The van der Waals surface area contributed by atoms with Crippen LogP contribution < -0.4 is 10.6 Å². The summed E-state index contributed by atoms with van der Waals surface area (Å²) < 4.78 is 10.7. The smallest absolute Gasteiger partial charge is 0.408 e. The molecule has 182 valence electrons. The molecule has 0 aliphatic heterocycles. The van der Waals surface area contributed by atoms with Crippen molar-refractivity contribution in [3.8, 4) is 0 Å². The van der Waals surface area contributed by atoms with Gasteiger partial charge in [-0.1, -0.05) is 25.6 Å². The normalized spacial score (nSPS) is 13.3. The number of aromatic nitrogens is 3. The van der Waals surface area contributed by atoms with Crippen LogP contribution in [0.5, 0.6) is 0 Å². The Morgan fingerprint density at radius 1 is 0.969 bits per heavy atom. The van der Waals surface area contributed by atoms with Crippen molar-refractivity contribution in [1.29, 1.82) is 0 Å².